The van der Waals surface area contributed by atoms with Gasteiger partial charge in [0.15, 0.2) is 0 Å². The van der Waals surface area contributed by atoms with Crippen molar-refractivity contribution >= 4 is 12.4 Å². The van der Waals surface area contributed by atoms with Crippen LogP contribution in [0.4, 0.5) is 0 Å². The van der Waals surface area contributed by atoms with E-state index in [1.54, 1.807) is 0 Å². The van der Waals surface area contributed by atoms with Gasteiger partial charge < -0.3 is 4.74 Å². The maximum Gasteiger partial charge on any atom is 0.120 e. The van der Waals surface area contributed by atoms with Gasteiger partial charge in [-0.05, 0) is 69.1 Å². The first-order valence-corrected chi connectivity index (χ1v) is 10.0. The molecule has 156 valence electrons. The summed E-state index contributed by atoms with van der Waals surface area (Å²) < 4.78 is 6.05. The topological polar surface area (TPSA) is 12.5 Å². The number of allylic oxidation sites excluding steroid dienone is 1. The van der Waals surface area contributed by atoms with Crippen LogP contribution < -0.4 is 4.74 Å². The first-order chi connectivity index (χ1) is 13.4. The minimum absolute atomic E-state index is 0. The molecule has 0 aromatic heterocycles. The highest BCUT2D eigenvalue weighted by atomic mass is 35.5. The summed E-state index contributed by atoms with van der Waals surface area (Å²) in [4.78, 5) is 2.26. The maximum atomic E-state index is 6.05. The number of aryl methyl sites for hydroxylation is 1. The van der Waals surface area contributed by atoms with Gasteiger partial charge in [0, 0.05) is 18.5 Å². The van der Waals surface area contributed by atoms with Crippen molar-refractivity contribution < 1.29 is 4.74 Å². The molecule has 3 heteroatoms. The van der Waals surface area contributed by atoms with E-state index in [1.165, 1.54) is 16.7 Å². The van der Waals surface area contributed by atoms with E-state index >= 15 is 0 Å². The Labute approximate surface area is 183 Å². The highest BCUT2D eigenvalue weighted by molar-refractivity contribution is 5.85. The van der Waals surface area contributed by atoms with Gasteiger partial charge in [-0.1, -0.05) is 61.2 Å². The fourth-order valence-electron chi connectivity index (χ4n) is 2.86. The first kappa shape index (κ1) is 24.8. The van der Waals surface area contributed by atoms with Crippen LogP contribution in [0.2, 0.25) is 0 Å². The van der Waals surface area contributed by atoms with Crippen LogP contribution in [0.25, 0.3) is 0 Å². The van der Waals surface area contributed by atoms with Crippen molar-refractivity contribution in [3.05, 3.63) is 77.4 Å². The molecule has 0 atom stereocenters. The molecule has 29 heavy (non-hydrogen) atoms. The molecule has 2 aromatic carbocycles. The normalized spacial score (nSPS) is 11.1. The van der Waals surface area contributed by atoms with E-state index in [9.17, 15) is 0 Å². The van der Waals surface area contributed by atoms with Crippen molar-refractivity contribution in [1.29, 1.82) is 0 Å². The number of ether oxygens (including phenoxy) is 1. The third kappa shape index (κ3) is 9.70. The van der Waals surface area contributed by atoms with Gasteiger partial charge in [0.05, 0.1) is 0 Å². The van der Waals surface area contributed by atoms with Gasteiger partial charge in [0.25, 0.3) is 0 Å². The lowest BCUT2D eigenvalue weighted by molar-refractivity contribution is 0.303. The Morgan fingerprint density at radius 2 is 1.76 bits per heavy atom. The highest BCUT2D eigenvalue weighted by Crippen LogP contribution is 2.18. The number of hydrogen-bond acceptors (Lipinski definition) is 2. The third-order valence-electron chi connectivity index (χ3n) is 4.31. The number of halogens is 1. The third-order valence-corrected chi connectivity index (χ3v) is 4.31. The van der Waals surface area contributed by atoms with Gasteiger partial charge in [0.1, 0.15) is 12.4 Å². The van der Waals surface area contributed by atoms with Crippen LogP contribution in [0.15, 0.2) is 60.7 Å². The van der Waals surface area contributed by atoms with E-state index in [1.807, 2.05) is 12.1 Å². The van der Waals surface area contributed by atoms with Gasteiger partial charge >= 0.3 is 0 Å². The summed E-state index contributed by atoms with van der Waals surface area (Å²) in [6.07, 6.45) is 5.09. The minimum atomic E-state index is 0. The van der Waals surface area contributed by atoms with Crippen molar-refractivity contribution in [2.75, 3.05) is 13.6 Å². The van der Waals surface area contributed by atoms with Crippen molar-refractivity contribution in [2.24, 2.45) is 5.41 Å². The van der Waals surface area contributed by atoms with E-state index < -0.39 is 0 Å². The van der Waals surface area contributed by atoms with Crippen LogP contribution >= 0.6 is 12.4 Å². The number of rotatable bonds is 8. The summed E-state index contributed by atoms with van der Waals surface area (Å²) in [5.74, 6) is 7.25. The monoisotopic (exact) mass is 411 g/mol. The van der Waals surface area contributed by atoms with Gasteiger partial charge in [-0.25, -0.2) is 0 Å². The molecule has 0 aliphatic heterocycles. The largest absolute Gasteiger partial charge is 0.489 e. The van der Waals surface area contributed by atoms with Crippen LogP contribution in [0, 0.1) is 17.3 Å². The zero-order chi connectivity index (χ0) is 20.4. The molecule has 0 bridgehead atoms. The average molecular weight is 412 g/mol. The van der Waals surface area contributed by atoms with Crippen LogP contribution in [-0.4, -0.2) is 18.5 Å². The molecule has 0 aliphatic rings. The lowest BCUT2D eigenvalue weighted by Crippen LogP contribution is -2.17. The zero-order valence-corrected chi connectivity index (χ0v) is 19.2. The zero-order valence-electron chi connectivity index (χ0n) is 18.4. The molecular weight excluding hydrogens is 378 g/mol. The summed E-state index contributed by atoms with van der Waals surface area (Å²) in [7, 11) is 2.12. The van der Waals surface area contributed by atoms with Crippen molar-refractivity contribution in [2.45, 2.75) is 47.3 Å². The molecule has 0 fully saturated rings. The highest BCUT2D eigenvalue weighted by Gasteiger charge is 2.04. The Bertz CT molecular complexity index is 840. The molecule has 0 unspecified atom stereocenters. The van der Waals surface area contributed by atoms with Crippen molar-refractivity contribution in [1.82, 2.24) is 4.90 Å². The molecule has 0 aliphatic carbocycles. The molecule has 0 N–H and O–H groups in total. The Balaban J connectivity index is 0.00000420. The second-order valence-electron chi connectivity index (χ2n) is 8.18. The summed E-state index contributed by atoms with van der Waals surface area (Å²) in [6, 6.07) is 16.8. The SMILES string of the molecule is CCc1ccccc1COc1cccc(CN(C)CC=CC#CC(C)(C)C)c1.Cl. The predicted molar refractivity (Wildman–Crippen MR) is 127 cm³/mol. The van der Waals surface area contributed by atoms with E-state index in [4.69, 9.17) is 4.74 Å². The second-order valence-corrected chi connectivity index (χ2v) is 8.18. The molecule has 2 nitrogen and oxygen atoms in total. The molecule has 0 spiro atoms. The van der Waals surface area contributed by atoms with Crippen molar-refractivity contribution in [3.63, 3.8) is 0 Å². The standard InChI is InChI=1S/C26H33NO.ClH/c1-6-23-14-8-9-15-24(23)21-28-25-16-12-13-22(19-25)20-27(5)18-11-7-10-17-26(2,3)4;/h7-9,11-16,19H,6,18,20-21H2,1-5H3;1H. The number of likely N-dealkylation sites (N-methyl/N-ethyl adjacent to an activating group) is 1. The van der Waals surface area contributed by atoms with Gasteiger partial charge in [-0.15, -0.1) is 12.4 Å². The lowest BCUT2D eigenvalue weighted by atomic mass is 9.98. The molecule has 0 saturated heterocycles. The lowest BCUT2D eigenvalue weighted by Gasteiger charge is -2.15. The molecule has 0 amide bonds. The molecule has 2 rings (SSSR count). The van der Waals surface area contributed by atoms with Crippen LogP contribution in [-0.2, 0) is 19.6 Å². The maximum absolute atomic E-state index is 6.05. The van der Waals surface area contributed by atoms with Gasteiger partial charge in [0.2, 0.25) is 0 Å². The molecule has 2 aromatic rings. The number of hydrogen-bond donors (Lipinski definition) is 0. The van der Waals surface area contributed by atoms with Crippen LogP contribution in [0.1, 0.15) is 44.4 Å². The summed E-state index contributed by atoms with van der Waals surface area (Å²) in [5, 5.41) is 0. The predicted octanol–water partition coefficient (Wildman–Crippen LogP) is 6.29. The summed E-state index contributed by atoms with van der Waals surface area (Å²) in [5.41, 5.74) is 3.90. The molecular formula is C26H34ClNO. The van der Waals surface area contributed by atoms with Crippen molar-refractivity contribution in [3.8, 4) is 17.6 Å². The van der Waals surface area contributed by atoms with Gasteiger partial charge in [-0.2, -0.15) is 0 Å². The Morgan fingerprint density at radius 3 is 2.45 bits per heavy atom. The summed E-state index contributed by atoms with van der Waals surface area (Å²) in [6.45, 7) is 10.9. The molecule has 0 saturated carbocycles. The fraction of sp³-hybridized carbons (Fsp3) is 0.385. The molecule has 0 heterocycles. The minimum Gasteiger partial charge on any atom is -0.489 e. The van der Waals surface area contributed by atoms with Crippen LogP contribution in [0.5, 0.6) is 5.75 Å². The average Bonchev–Trinajstić information content (AvgIpc) is 2.65. The van der Waals surface area contributed by atoms with E-state index in [-0.39, 0.29) is 17.8 Å². The number of nitrogens with zero attached hydrogens (tertiary/aromatic N) is 1. The van der Waals surface area contributed by atoms with Crippen LogP contribution in [0.3, 0.4) is 0 Å². The van der Waals surface area contributed by atoms with E-state index in [0.717, 1.165) is 25.3 Å². The Morgan fingerprint density at radius 1 is 1.03 bits per heavy atom. The smallest absolute Gasteiger partial charge is 0.120 e. The quantitative estimate of drug-likeness (QED) is 0.473. The van der Waals surface area contributed by atoms with E-state index in [2.05, 4.69) is 100 Å². The Kier molecular flexibility index (Phi) is 10.6. The fourth-order valence-corrected chi connectivity index (χ4v) is 2.86. The van der Waals surface area contributed by atoms with Gasteiger partial charge in [-0.3, -0.25) is 4.90 Å². The number of benzene rings is 2. The molecule has 0 radical (unpaired) electrons. The second kappa shape index (κ2) is 12.4. The Hall–Kier alpha value is -2.21. The summed E-state index contributed by atoms with van der Waals surface area (Å²) >= 11 is 0. The first-order valence-electron chi connectivity index (χ1n) is 10.0. The van der Waals surface area contributed by atoms with E-state index in [0.29, 0.717) is 6.61 Å².